The van der Waals surface area contributed by atoms with Gasteiger partial charge in [0.05, 0.1) is 7.11 Å². The van der Waals surface area contributed by atoms with E-state index >= 15 is 0 Å². The first-order valence-electron chi connectivity index (χ1n) is 4.57. The fourth-order valence-electron chi connectivity index (χ4n) is 1.37. The Hall–Kier alpha value is -2.09. The molecular weight excluding hydrogens is 213 g/mol. The molecule has 0 heterocycles. The van der Waals surface area contributed by atoms with Crippen LogP contribution in [-0.2, 0) is 11.2 Å². The van der Waals surface area contributed by atoms with Crippen molar-refractivity contribution in [2.24, 2.45) is 0 Å². The summed E-state index contributed by atoms with van der Waals surface area (Å²) in [7, 11) is 1.37. The van der Waals surface area contributed by atoms with Crippen LogP contribution in [0.4, 0.5) is 4.39 Å². The molecule has 5 heteroatoms. The molecule has 0 unspecified atom stereocenters. The first kappa shape index (κ1) is 12.0. The molecule has 1 aromatic rings. The van der Waals surface area contributed by atoms with Crippen molar-refractivity contribution in [3.63, 3.8) is 0 Å². The minimum atomic E-state index is -1.04. The number of ether oxygens (including phenoxy) is 1. The number of rotatable bonds is 4. The Kier molecular flexibility index (Phi) is 3.84. The number of aliphatic carboxylic acids is 1. The summed E-state index contributed by atoms with van der Waals surface area (Å²) in [6, 6.07) is 4.33. The number of carboxylic acids is 1. The summed E-state index contributed by atoms with van der Waals surface area (Å²) in [5.74, 6) is -1.37. The van der Waals surface area contributed by atoms with Gasteiger partial charge in [0.1, 0.15) is 23.2 Å². The molecule has 1 N–H and O–H groups in total. The van der Waals surface area contributed by atoms with Gasteiger partial charge in [-0.3, -0.25) is 4.79 Å². The lowest BCUT2D eigenvalue weighted by molar-refractivity contribution is -0.136. The molecule has 0 atom stereocenters. The van der Waals surface area contributed by atoms with Crippen molar-refractivity contribution in [1.82, 2.24) is 0 Å². The number of hydrogen-bond donors (Lipinski definition) is 1. The van der Waals surface area contributed by atoms with Gasteiger partial charge < -0.3 is 9.84 Å². The summed E-state index contributed by atoms with van der Waals surface area (Å²) in [6.07, 6.45) is -0.250. The molecule has 0 bridgehead atoms. The highest BCUT2D eigenvalue weighted by atomic mass is 19.1. The van der Waals surface area contributed by atoms with Crippen molar-refractivity contribution < 1.29 is 19.0 Å². The van der Waals surface area contributed by atoms with Crippen LogP contribution in [0.1, 0.15) is 17.5 Å². The number of nitrogens with zero attached hydrogens (tertiary/aromatic N) is 1. The van der Waals surface area contributed by atoms with Gasteiger partial charge in [-0.15, -0.1) is 0 Å². The maximum absolute atomic E-state index is 13.4. The van der Waals surface area contributed by atoms with Crippen LogP contribution >= 0.6 is 0 Å². The molecule has 1 rings (SSSR count). The van der Waals surface area contributed by atoms with Gasteiger partial charge in [-0.2, -0.15) is 5.26 Å². The minimum Gasteiger partial charge on any atom is -0.495 e. The predicted molar refractivity (Wildman–Crippen MR) is 53.6 cm³/mol. The zero-order chi connectivity index (χ0) is 12.1. The fraction of sp³-hybridized carbons (Fsp3) is 0.273. The molecule has 0 fully saturated rings. The highest BCUT2D eigenvalue weighted by Gasteiger charge is 2.14. The monoisotopic (exact) mass is 223 g/mol. The van der Waals surface area contributed by atoms with Gasteiger partial charge in [-0.25, -0.2) is 4.39 Å². The van der Waals surface area contributed by atoms with Crippen molar-refractivity contribution >= 4 is 5.97 Å². The lowest BCUT2D eigenvalue weighted by atomic mass is 10.0. The molecule has 4 nitrogen and oxygen atoms in total. The summed E-state index contributed by atoms with van der Waals surface area (Å²) in [4.78, 5) is 10.4. The molecule has 0 spiro atoms. The van der Waals surface area contributed by atoms with Gasteiger partial charge >= 0.3 is 5.97 Å². The fourth-order valence-corrected chi connectivity index (χ4v) is 1.37. The Morgan fingerprint density at radius 2 is 2.31 bits per heavy atom. The Balaban J connectivity index is 3.14. The Labute approximate surface area is 91.9 Å². The van der Waals surface area contributed by atoms with Crippen LogP contribution < -0.4 is 4.74 Å². The summed E-state index contributed by atoms with van der Waals surface area (Å²) < 4.78 is 18.3. The van der Waals surface area contributed by atoms with Gasteiger partial charge in [0.25, 0.3) is 0 Å². The summed E-state index contributed by atoms with van der Waals surface area (Å²) >= 11 is 0. The molecule has 0 saturated heterocycles. The quantitative estimate of drug-likeness (QED) is 0.843. The van der Waals surface area contributed by atoms with E-state index < -0.39 is 11.8 Å². The van der Waals surface area contributed by atoms with Crippen molar-refractivity contribution in [1.29, 1.82) is 5.26 Å². The zero-order valence-corrected chi connectivity index (χ0v) is 8.66. The maximum Gasteiger partial charge on any atom is 0.303 e. The third kappa shape index (κ3) is 2.48. The lowest BCUT2D eigenvalue weighted by Crippen LogP contribution is -2.03. The maximum atomic E-state index is 13.4. The molecule has 0 radical (unpaired) electrons. The SMILES string of the molecule is COc1ccc(F)c(CCC(=O)O)c1C#N. The molecule has 0 aromatic heterocycles. The van der Waals surface area contributed by atoms with Crippen molar-refractivity contribution in [2.45, 2.75) is 12.8 Å². The zero-order valence-electron chi connectivity index (χ0n) is 8.66. The van der Waals surface area contributed by atoms with E-state index in [4.69, 9.17) is 15.1 Å². The Bertz CT molecular complexity index is 451. The van der Waals surface area contributed by atoms with E-state index in [1.54, 1.807) is 0 Å². The summed E-state index contributed by atoms with van der Waals surface area (Å²) in [5.41, 5.74) is 0.146. The smallest absolute Gasteiger partial charge is 0.303 e. The van der Waals surface area contributed by atoms with E-state index in [1.165, 1.54) is 13.2 Å². The molecule has 0 aliphatic carbocycles. The largest absolute Gasteiger partial charge is 0.495 e. The molecular formula is C11H10FNO3. The lowest BCUT2D eigenvalue weighted by Gasteiger charge is -2.08. The van der Waals surface area contributed by atoms with Crippen molar-refractivity contribution in [2.75, 3.05) is 7.11 Å². The third-order valence-electron chi connectivity index (χ3n) is 2.14. The van der Waals surface area contributed by atoms with Crippen LogP contribution in [0.25, 0.3) is 0 Å². The van der Waals surface area contributed by atoms with Crippen LogP contribution in [0.5, 0.6) is 5.75 Å². The number of nitriles is 1. The number of benzene rings is 1. The number of carbonyl (C=O) groups is 1. The van der Waals surface area contributed by atoms with Crippen LogP contribution in [0.2, 0.25) is 0 Å². The Morgan fingerprint density at radius 1 is 1.62 bits per heavy atom. The highest BCUT2D eigenvalue weighted by Crippen LogP contribution is 2.25. The second kappa shape index (κ2) is 5.12. The molecule has 1 aromatic carbocycles. The number of halogens is 1. The van der Waals surface area contributed by atoms with Gasteiger partial charge in [0.15, 0.2) is 0 Å². The van der Waals surface area contributed by atoms with Gasteiger partial charge in [-0.05, 0) is 18.6 Å². The minimum absolute atomic E-state index is 0.0265. The van der Waals surface area contributed by atoms with Crippen LogP contribution in [0.15, 0.2) is 12.1 Å². The van der Waals surface area contributed by atoms with E-state index in [2.05, 4.69) is 0 Å². The van der Waals surface area contributed by atoms with Gasteiger partial charge in [0.2, 0.25) is 0 Å². The average Bonchev–Trinajstić information content (AvgIpc) is 2.26. The summed E-state index contributed by atoms with van der Waals surface area (Å²) in [6.45, 7) is 0. The van der Waals surface area contributed by atoms with Crippen LogP contribution in [0, 0.1) is 17.1 Å². The normalized spacial score (nSPS) is 9.56. The first-order chi connectivity index (χ1) is 7.60. The van der Waals surface area contributed by atoms with E-state index in [0.29, 0.717) is 0 Å². The topological polar surface area (TPSA) is 70.3 Å². The third-order valence-corrected chi connectivity index (χ3v) is 2.14. The van der Waals surface area contributed by atoms with Crippen LogP contribution in [-0.4, -0.2) is 18.2 Å². The van der Waals surface area contributed by atoms with E-state index in [0.717, 1.165) is 6.07 Å². The Morgan fingerprint density at radius 3 is 2.81 bits per heavy atom. The van der Waals surface area contributed by atoms with Crippen LogP contribution in [0.3, 0.4) is 0 Å². The number of hydrogen-bond acceptors (Lipinski definition) is 3. The second-order valence-electron chi connectivity index (χ2n) is 3.11. The van der Waals surface area contributed by atoms with E-state index in [-0.39, 0.29) is 29.7 Å². The first-order valence-corrected chi connectivity index (χ1v) is 4.57. The highest BCUT2D eigenvalue weighted by molar-refractivity contribution is 5.67. The molecule has 16 heavy (non-hydrogen) atoms. The molecule has 84 valence electrons. The number of carboxylic acid groups (broad SMARTS) is 1. The average molecular weight is 223 g/mol. The standard InChI is InChI=1S/C11H10FNO3/c1-16-10-4-3-9(12)7(8(10)6-13)2-5-11(14)15/h3-4H,2,5H2,1H3,(H,14,15). The van der Waals surface area contributed by atoms with E-state index in [1.807, 2.05) is 6.07 Å². The number of methoxy groups -OCH3 is 1. The van der Waals surface area contributed by atoms with Gasteiger partial charge in [-0.1, -0.05) is 0 Å². The molecule has 0 aliphatic rings. The predicted octanol–water partition coefficient (Wildman–Crippen LogP) is 1.72. The molecule has 0 aliphatic heterocycles. The summed E-state index contributed by atoms with van der Waals surface area (Å²) in [5, 5.41) is 17.4. The van der Waals surface area contributed by atoms with Gasteiger partial charge in [0, 0.05) is 12.0 Å². The van der Waals surface area contributed by atoms with Crippen molar-refractivity contribution in [3.8, 4) is 11.8 Å². The second-order valence-corrected chi connectivity index (χ2v) is 3.11. The molecule has 0 amide bonds. The van der Waals surface area contributed by atoms with Crippen molar-refractivity contribution in [3.05, 3.63) is 29.1 Å². The van der Waals surface area contributed by atoms with E-state index in [9.17, 15) is 9.18 Å². The molecule has 0 saturated carbocycles.